The van der Waals surface area contributed by atoms with Crippen LogP contribution in [0, 0.1) is 0 Å². The third-order valence-corrected chi connectivity index (χ3v) is 2.30. The Morgan fingerprint density at radius 3 is 2.50 bits per heavy atom. The van der Waals surface area contributed by atoms with Gasteiger partial charge in [-0.1, -0.05) is 30.3 Å². The van der Waals surface area contributed by atoms with Gasteiger partial charge in [-0.05, 0) is 5.56 Å². The highest BCUT2D eigenvalue weighted by atomic mass is 16.2. The first-order valence-corrected chi connectivity index (χ1v) is 4.73. The number of aliphatic hydroxyl groups excluding tert-OH is 1. The predicted molar refractivity (Wildman–Crippen MR) is 56.2 cm³/mol. The lowest BCUT2D eigenvalue weighted by Crippen LogP contribution is -2.49. The third-order valence-electron chi connectivity index (χ3n) is 2.30. The molecular weight excluding hydrogens is 208 g/mol. The number of carbonyl (C=O) groups is 2. The number of aliphatic hydroxyl groups is 1. The SMILES string of the molecule is O=C1NC(c2ccccc2)C(=O)N/C1=C\O. The average molecular weight is 218 g/mol. The standard InChI is InChI=1S/C11H10N2O3/c14-6-8-10(15)13-9(11(16)12-8)7-4-2-1-3-5-7/h1-6,9,14H,(H,12,16)(H,13,15)/b8-6-. The van der Waals surface area contributed by atoms with Crippen molar-refractivity contribution in [3.8, 4) is 0 Å². The molecule has 0 radical (unpaired) electrons. The molecule has 2 rings (SSSR count). The van der Waals surface area contributed by atoms with Crippen molar-refractivity contribution in [2.75, 3.05) is 0 Å². The first-order valence-electron chi connectivity index (χ1n) is 4.73. The molecule has 5 heteroatoms. The summed E-state index contributed by atoms with van der Waals surface area (Å²) in [5, 5.41) is 13.5. The highest BCUT2D eigenvalue weighted by Gasteiger charge is 2.30. The fraction of sp³-hybridized carbons (Fsp3) is 0.0909. The van der Waals surface area contributed by atoms with E-state index < -0.39 is 11.9 Å². The summed E-state index contributed by atoms with van der Waals surface area (Å²) in [7, 11) is 0. The van der Waals surface area contributed by atoms with Crippen LogP contribution in [-0.4, -0.2) is 16.9 Å². The van der Waals surface area contributed by atoms with Gasteiger partial charge in [0, 0.05) is 0 Å². The van der Waals surface area contributed by atoms with Crippen LogP contribution in [0.4, 0.5) is 0 Å². The minimum atomic E-state index is -0.711. The maximum atomic E-state index is 11.6. The third kappa shape index (κ3) is 1.75. The van der Waals surface area contributed by atoms with Crippen molar-refractivity contribution in [1.29, 1.82) is 0 Å². The smallest absolute Gasteiger partial charge is 0.271 e. The Balaban J connectivity index is 2.26. The van der Waals surface area contributed by atoms with Crippen LogP contribution in [0.3, 0.4) is 0 Å². The maximum absolute atomic E-state index is 11.6. The normalized spacial score (nSPS) is 22.8. The Hall–Kier alpha value is -2.30. The molecule has 1 aromatic rings. The Labute approximate surface area is 91.8 Å². The Kier molecular flexibility index (Phi) is 2.59. The van der Waals surface area contributed by atoms with Crippen LogP contribution in [-0.2, 0) is 9.59 Å². The topological polar surface area (TPSA) is 78.4 Å². The number of nitrogens with one attached hydrogen (secondary N) is 2. The molecule has 2 amide bonds. The van der Waals surface area contributed by atoms with E-state index in [1.54, 1.807) is 24.3 Å². The fourth-order valence-electron chi connectivity index (χ4n) is 1.51. The predicted octanol–water partition coefficient (Wildman–Crippen LogP) is 0.373. The summed E-state index contributed by atoms with van der Waals surface area (Å²) in [6, 6.07) is 8.18. The summed E-state index contributed by atoms with van der Waals surface area (Å²) in [4.78, 5) is 23.0. The summed E-state index contributed by atoms with van der Waals surface area (Å²) in [6.07, 6.45) is 0.578. The van der Waals surface area contributed by atoms with E-state index in [1.807, 2.05) is 6.07 Å². The molecular formula is C11H10N2O3. The Morgan fingerprint density at radius 1 is 1.19 bits per heavy atom. The van der Waals surface area contributed by atoms with Crippen molar-refractivity contribution in [2.45, 2.75) is 6.04 Å². The molecule has 1 unspecified atom stereocenters. The van der Waals surface area contributed by atoms with Crippen LogP contribution in [0.2, 0.25) is 0 Å². The van der Waals surface area contributed by atoms with Crippen LogP contribution in [0.15, 0.2) is 42.3 Å². The van der Waals surface area contributed by atoms with Crippen LogP contribution in [0.5, 0.6) is 0 Å². The van der Waals surface area contributed by atoms with E-state index in [4.69, 9.17) is 5.11 Å². The maximum Gasteiger partial charge on any atom is 0.271 e. The van der Waals surface area contributed by atoms with Crippen molar-refractivity contribution in [3.63, 3.8) is 0 Å². The van der Waals surface area contributed by atoms with Crippen LogP contribution in [0.25, 0.3) is 0 Å². The van der Waals surface area contributed by atoms with Gasteiger partial charge in [-0.2, -0.15) is 0 Å². The molecule has 1 fully saturated rings. The van der Waals surface area contributed by atoms with Gasteiger partial charge in [0.05, 0.1) is 0 Å². The molecule has 1 heterocycles. The van der Waals surface area contributed by atoms with Crippen molar-refractivity contribution < 1.29 is 14.7 Å². The quantitative estimate of drug-likeness (QED) is 0.471. The highest BCUT2D eigenvalue weighted by molar-refractivity contribution is 6.04. The molecule has 0 spiro atoms. The zero-order chi connectivity index (χ0) is 11.5. The summed E-state index contributed by atoms with van der Waals surface area (Å²) in [6.45, 7) is 0. The minimum absolute atomic E-state index is 0.141. The van der Waals surface area contributed by atoms with Gasteiger partial charge in [-0.25, -0.2) is 0 Å². The van der Waals surface area contributed by atoms with Crippen molar-refractivity contribution in [1.82, 2.24) is 10.6 Å². The molecule has 16 heavy (non-hydrogen) atoms. The number of amides is 2. The number of benzene rings is 1. The number of hydrogen-bond acceptors (Lipinski definition) is 3. The lowest BCUT2D eigenvalue weighted by Gasteiger charge is -2.24. The van der Waals surface area contributed by atoms with E-state index >= 15 is 0 Å². The number of hydrogen-bond donors (Lipinski definition) is 3. The van der Waals surface area contributed by atoms with Gasteiger partial charge < -0.3 is 15.7 Å². The van der Waals surface area contributed by atoms with Crippen molar-refractivity contribution in [3.05, 3.63) is 47.9 Å². The van der Waals surface area contributed by atoms with Gasteiger partial charge in [-0.15, -0.1) is 0 Å². The lowest BCUT2D eigenvalue weighted by molar-refractivity contribution is -0.131. The van der Waals surface area contributed by atoms with E-state index in [9.17, 15) is 9.59 Å². The first kappa shape index (κ1) is 10.2. The molecule has 82 valence electrons. The Morgan fingerprint density at radius 2 is 1.88 bits per heavy atom. The second kappa shape index (κ2) is 4.06. The summed E-state index contributed by atoms with van der Waals surface area (Å²) >= 11 is 0. The van der Waals surface area contributed by atoms with E-state index in [2.05, 4.69) is 10.6 Å². The van der Waals surface area contributed by atoms with Crippen LogP contribution < -0.4 is 10.6 Å². The first-order chi connectivity index (χ1) is 7.72. The largest absolute Gasteiger partial charge is 0.513 e. The van der Waals surface area contributed by atoms with Gasteiger partial charge in [0.15, 0.2) is 0 Å². The van der Waals surface area contributed by atoms with Crippen LogP contribution >= 0.6 is 0 Å². The monoisotopic (exact) mass is 218 g/mol. The minimum Gasteiger partial charge on any atom is -0.513 e. The summed E-state index contributed by atoms with van der Waals surface area (Å²) in [5.41, 5.74) is 0.558. The van der Waals surface area contributed by atoms with Crippen molar-refractivity contribution in [2.24, 2.45) is 0 Å². The molecule has 1 aromatic carbocycles. The fourth-order valence-corrected chi connectivity index (χ4v) is 1.51. The summed E-state index contributed by atoms with van der Waals surface area (Å²) in [5.74, 6) is -0.873. The lowest BCUT2D eigenvalue weighted by atomic mass is 10.0. The highest BCUT2D eigenvalue weighted by Crippen LogP contribution is 2.16. The number of carbonyl (C=O) groups excluding carboxylic acids is 2. The van der Waals surface area contributed by atoms with E-state index in [0.29, 0.717) is 11.8 Å². The number of rotatable bonds is 1. The second-order valence-electron chi connectivity index (χ2n) is 3.35. The molecule has 1 saturated heterocycles. The molecule has 0 bridgehead atoms. The van der Waals surface area contributed by atoms with E-state index in [0.717, 1.165) is 0 Å². The van der Waals surface area contributed by atoms with E-state index in [-0.39, 0.29) is 11.6 Å². The molecule has 3 N–H and O–H groups in total. The molecule has 1 atom stereocenters. The van der Waals surface area contributed by atoms with Gasteiger partial charge in [0.25, 0.3) is 11.8 Å². The Bertz CT molecular complexity index is 454. The van der Waals surface area contributed by atoms with E-state index in [1.165, 1.54) is 0 Å². The van der Waals surface area contributed by atoms with Crippen LogP contribution in [0.1, 0.15) is 11.6 Å². The number of piperazine rings is 1. The van der Waals surface area contributed by atoms with Crippen molar-refractivity contribution >= 4 is 11.8 Å². The molecule has 1 aliphatic rings. The average Bonchev–Trinajstić information content (AvgIpc) is 2.32. The van der Waals surface area contributed by atoms with Gasteiger partial charge in [0.1, 0.15) is 18.0 Å². The molecule has 0 aliphatic carbocycles. The molecule has 0 saturated carbocycles. The molecule has 0 aromatic heterocycles. The zero-order valence-electron chi connectivity index (χ0n) is 8.31. The van der Waals surface area contributed by atoms with Gasteiger partial charge in [0.2, 0.25) is 0 Å². The molecule has 1 aliphatic heterocycles. The van der Waals surface area contributed by atoms with Gasteiger partial charge in [-0.3, -0.25) is 9.59 Å². The van der Waals surface area contributed by atoms with Gasteiger partial charge >= 0.3 is 0 Å². The molecule has 5 nitrogen and oxygen atoms in total. The second-order valence-corrected chi connectivity index (χ2v) is 3.35. The summed E-state index contributed by atoms with van der Waals surface area (Å²) < 4.78 is 0. The zero-order valence-corrected chi connectivity index (χ0v) is 8.31.